The van der Waals surface area contributed by atoms with Crippen molar-refractivity contribution in [2.24, 2.45) is 0 Å². The molecule has 0 aliphatic heterocycles. The second-order valence-corrected chi connectivity index (χ2v) is 4.28. The summed E-state index contributed by atoms with van der Waals surface area (Å²) >= 11 is 0. The fraction of sp³-hybridized carbons (Fsp3) is 0.462. The number of hydrogen-bond donors (Lipinski definition) is 2. The quantitative estimate of drug-likeness (QED) is 0.740. The number of rotatable bonds is 7. The van der Waals surface area contributed by atoms with E-state index >= 15 is 0 Å². The first-order chi connectivity index (χ1) is 8.78. The summed E-state index contributed by atoms with van der Waals surface area (Å²) in [5.41, 5.74) is 2.12. The monoisotopic (exact) mass is 249 g/mol. The van der Waals surface area contributed by atoms with Gasteiger partial charge in [0, 0.05) is 23.9 Å². The zero-order chi connectivity index (χ0) is 12.8. The molecule has 5 nitrogen and oxygen atoms in total. The molecule has 2 rings (SSSR count). The van der Waals surface area contributed by atoms with Gasteiger partial charge >= 0.3 is 0 Å². The van der Waals surface area contributed by atoms with Gasteiger partial charge < -0.3 is 14.5 Å². The highest BCUT2D eigenvalue weighted by molar-refractivity contribution is 5.15. The number of furan rings is 1. The Bertz CT molecular complexity index is 476. The molecule has 18 heavy (non-hydrogen) atoms. The predicted molar refractivity (Wildman–Crippen MR) is 68.4 cm³/mol. The highest BCUT2D eigenvalue weighted by atomic mass is 16.5. The molecule has 0 saturated carbocycles. The number of aryl methyl sites for hydroxylation is 1. The maximum absolute atomic E-state index is 5.50. The van der Waals surface area contributed by atoms with Crippen LogP contribution >= 0.6 is 0 Å². The second kappa shape index (κ2) is 6.26. The molecule has 0 aliphatic rings. The lowest BCUT2D eigenvalue weighted by Crippen LogP contribution is -2.13. The van der Waals surface area contributed by atoms with Crippen LogP contribution in [-0.2, 0) is 13.2 Å². The molecule has 0 atom stereocenters. The minimum atomic E-state index is 0.401. The van der Waals surface area contributed by atoms with Crippen LogP contribution in [0.25, 0.3) is 0 Å². The Morgan fingerprint density at radius 3 is 3.06 bits per heavy atom. The van der Waals surface area contributed by atoms with E-state index in [2.05, 4.69) is 22.4 Å². The van der Waals surface area contributed by atoms with Crippen molar-refractivity contribution in [1.29, 1.82) is 0 Å². The van der Waals surface area contributed by atoms with Crippen molar-refractivity contribution in [3.8, 4) is 5.88 Å². The number of nitrogens with zero attached hydrogens (tertiary/aromatic N) is 1. The first-order valence-corrected chi connectivity index (χ1v) is 6.19. The van der Waals surface area contributed by atoms with Crippen molar-refractivity contribution in [3.05, 3.63) is 35.4 Å². The van der Waals surface area contributed by atoms with E-state index < -0.39 is 0 Å². The maximum Gasteiger partial charge on any atom is 0.233 e. The number of ether oxygens (including phenoxy) is 1. The molecule has 2 N–H and O–H groups in total. The molecule has 2 aromatic rings. The van der Waals surface area contributed by atoms with Crippen LogP contribution < -0.4 is 10.1 Å². The average Bonchev–Trinajstić information content (AvgIpc) is 2.96. The highest BCUT2D eigenvalue weighted by Gasteiger charge is 2.04. The molecule has 2 aromatic heterocycles. The number of aromatic nitrogens is 2. The number of H-pyrrole nitrogens is 1. The number of hydrogen-bond acceptors (Lipinski definition) is 4. The minimum absolute atomic E-state index is 0.401. The van der Waals surface area contributed by atoms with Crippen molar-refractivity contribution in [2.75, 3.05) is 6.54 Å². The van der Waals surface area contributed by atoms with Crippen molar-refractivity contribution in [3.63, 3.8) is 0 Å². The summed E-state index contributed by atoms with van der Waals surface area (Å²) in [5.74, 6) is 1.40. The Labute approximate surface area is 107 Å². The third-order valence-corrected chi connectivity index (χ3v) is 2.51. The van der Waals surface area contributed by atoms with Crippen LogP contribution in [0.3, 0.4) is 0 Å². The van der Waals surface area contributed by atoms with Crippen molar-refractivity contribution in [2.45, 2.75) is 33.4 Å². The summed E-state index contributed by atoms with van der Waals surface area (Å²) in [5, 5.41) is 10.1. The Balaban J connectivity index is 1.79. The summed E-state index contributed by atoms with van der Waals surface area (Å²) < 4.78 is 10.9. The summed E-state index contributed by atoms with van der Waals surface area (Å²) in [6.45, 7) is 6.33. The van der Waals surface area contributed by atoms with E-state index in [4.69, 9.17) is 9.15 Å². The van der Waals surface area contributed by atoms with E-state index in [1.807, 2.05) is 19.1 Å². The van der Waals surface area contributed by atoms with Crippen molar-refractivity contribution < 1.29 is 9.15 Å². The number of nitrogens with one attached hydrogen (secondary N) is 2. The first kappa shape index (κ1) is 12.7. The topological polar surface area (TPSA) is 63.1 Å². The van der Waals surface area contributed by atoms with E-state index in [-0.39, 0.29) is 0 Å². The Hall–Kier alpha value is -1.75. The summed E-state index contributed by atoms with van der Waals surface area (Å²) in [7, 11) is 0. The molecule has 2 heterocycles. The highest BCUT2D eigenvalue weighted by Crippen LogP contribution is 2.12. The van der Waals surface area contributed by atoms with Crippen LogP contribution in [0.5, 0.6) is 5.88 Å². The Morgan fingerprint density at radius 2 is 2.33 bits per heavy atom. The standard InChI is InChI=1S/C13H19N3O2/c1-3-4-14-7-11-6-12(17-8-11)9-18-13-5-10(2)15-16-13/h5-6,8,14H,3-4,7,9H2,1-2H3,(H,15,16). The molecule has 5 heteroatoms. The lowest BCUT2D eigenvalue weighted by molar-refractivity contribution is 0.260. The SMILES string of the molecule is CCCNCc1coc(COc2cc(C)[nH]n2)c1. The molecule has 0 spiro atoms. The molecular formula is C13H19N3O2. The summed E-state index contributed by atoms with van der Waals surface area (Å²) in [6.07, 6.45) is 2.89. The zero-order valence-corrected chi connectivity index (χ0v) is 10.8. The van der Waals surface area contributed by atoms with Gasteiger partial charge in [-0.3, -0.25) is 5.10 Å². The lowest BCUT2D eigenvalue weighted by atomic mass is 10.3. The molecule has 98 valence electrons. The minimum Gasteiger partial charge on any atom is -0.468 e. The van der Waals surface area contributed by atoms with Gasteiger partial charge in [0.25, 0.3) is 0 Å². The van der Waals surface area contributed by atoms with Gasteiger partial charge in [0.05, 0.1) is 6.26 Å². The van der Waals surface area contributed by atoms with E-state index in [1.54, 1.807) is 6.26 Å². The average molecular weight is 249 g/mol. The lowest BCUT2D eigenvalue weighted by Gasteiger charge is -1.99. The summed E-state index contributed by atoms with van der Waals surface area (Å²) in [6, 6.07) is 3.86. The molecule has 0 bridgehead atoms. The Morgan fingerprint density at radius 1 is 1.44 bits per heavy atom. The molecule has 0 aromatic carbocycles. The largest absolute Gasteiger partial charge is 0.468 e. The molecule has 0 fully saturated rings. The van der Waals surface area contributed by atoms with Crippen LogP contribution in [0.2, 0.25) is 0 Å². The Kier molecular flexibility index (Phi) is 4.41. The van der Waals surface area contributed by atoms with Gasteiger partial charge in [-0.2, -0.15) is 0 Å². The molecule has 0 unspecified atom stereocenters. The fourth-order valence-electron chi connectivity index (χ4n) is 1.62. The smallest absolute Gasteiger partial charge is 0.233 e. The third kappa shape index (κ3) is 3.63. The first-order valence-electron chi connectivity index (χ1n) is 6.19. The van der Waals surface area contributed by atoms with Gasteiger partial charge in [-0.25, -0.2) is 0 Å². The van der Waals surface area contributed by atoms with Crippen LogP contribution in [0.15, 0.2) is 22.8 Å². The van der Waals surface area contributed by atoms with E-state index in [9.17, 15) is 0 Å². The molecule has 0 radical (unpaired) electrons. The molecule has 0 aliphatic carbocycles. The third-order valence-electron chi connectivity index (χ3n) is 2.51. The van der Waals surface area contributed by atoms with Gasteiger partial charge in [-0.05, 0) is 26.0 Å². The van der Waals surface area contributed by atoms with Crippen molar-refractivity contribution >= 4 is 0 Å². The van der Waals surface area contributed by atoms with Gasteiger partial charge in [0.1, 0.15) is 12.4 Å². The van der Waals surface area contributed by atoms with E-state index in [1.165, 1.54) is 0 Å². The predicted octanol–water partition coefficient (Wildman–Crippen LogP) is 2.39. The van der Waals surface area contributed by atoms with Gasteiger partial charge in [-0.15, -0.1) is 5.10 Å². The van der Waals surface area contributed by atoms with E-state index in [0.717, 1.165) is 36.5 Å². The molecular weight excluding hydrogens is 230 g/mol. The van der Waals surface area contributed by atoms with Crippen LogP contribution in [0.1, 0.15) is 30.4 Å². The zero-order valence-electron chi connectivity index (χ0n) is 10.8. The van der Waals surface area contributed by atoms with Crippen LogP contribution in [0, 0.1) is 6.92 Å². The van der Waals surface area contributed by atoms with Gasteiger partial charge in [0.2, 0.25) is 5.88 Å². The normalized spacial score (nSPS) is 10.8. The van der Waals surface area contributed by atoms with Gasteiger partial charge in [0.15, 0.2) is 0 Å². The van der Waals surface area contributed by atoms with Gasteiger partial charge in [-0.1, -0.05) is 6.92 Å². The summed E-state index contributed by atoms with van der Waals surface area (Å²) in [4.78, 5) is 0. The molecule has 0 amide bonds. The molecule has 0 saturated heterocycles. The number of aromatic amines is 1. The maximum atomic E-state index is 5.50. The van der Waals surface area contributed by atoms with Crippen LogP contribution in [-0.4, -0.2) is 16.7 Å². The second-order valence-electron chi connectivity index (χ2n) is 4.28. The fourth-order valence-corrected chi connectivity index (χ4v) is 1.62. The van der Waals surface area contributed by atoms with Crippen molar-refractivity contribution in [1.82, 2.24) is 15.5 Å². The van der Waals surface area contributed by atoms with E-state index in [0.29, 0.717) is 12.5 Å². The van der Waals surface area contributed by atoms with Crippen LogP contribution in [0.4, 0.5) is 0 Å².